The lowest BCUT2D eigenvalue weighted by Gasteiger charge is -2.15. The van der Waals surface area contributed by atoms with E-state index in [0.29, 0.717) is 26.1 Å². The molecule has 1 fully saturated rings. The standard InChI is InChI=1S/C25H47F3O5S/c1-2-3-4-5-6-7-8-9-10-11-12-13-14-15-16-17-20-31-21-23-18-19-24(33-23)22-32-34(29,30)25(26,27)28/h23-24H,2-22H2,1H3/t23-,24+/m1/s1. The van der Waals surface area contributed by atoms with Crippen LogP contribution in [0.3, 0.4) is 0 Å². The van der Waals surface area contributed by atoms with Gasteiger partial charge in [-0.1, -0.05) is 103 Å². The summed E-state index contributed by atoms with van der Waals surface area (Å²) >= 11 is 0. The number of ether oxygens (including phenoxy) is 2. The van der Waals surface area contributed by atoms with Gasteiger partial charge in [-0.3, -0.25) is 4.18 Å². The molecule has 1 rings (SSSR count). The van der Waals surface area contributed by atoms with E-state index in [2.05, 4.69) is 11.1 Å². The van der Waals surface area contributed by atoms with Crippen LogP contribution >= 0.6 is 0 Å². The Morgan fingerprint density at radius 2 is 1.12 bits per heavy atom. The van der Waals surface area contributed by atoms with Crippen molar-refractivity contribution in [3.8, 4) is 0 Å². The molecular weight excluding hydrogens is 469 g/mol. The van der Waals surface area contributed by atoms with Crippen LogP contribution in [0.25, 0.3) is 0 Å². The van der Waals surface area contributed by atoms with E-state index < -0.39 is 28.3 Å². The van der Waals surface area contributed by atoms with Gasteiger partial charge in [0.1, 0.15) is 0 Å². The number of hydrogen-bond acceptors (Lipinski definition) is 5. The molecule has 0 amide bonds. The Bertz CT molecular complexity index is 584. The maximum atomic E-state index is 12.3. The molecule has 9 heteroatoms. The molecule has 1 heterocycles. The van der Waals surface area contributed by atoms with Crippen LogP contribution in [0.5, 0.6) is 0 Å². The van der Waals surface area contributed by atoms with Crippen molar-refractivity contribution in [1.82, 2.24) is 0 Å². The largest absolute Gasteiger partial charge is 0.523 e. The van der Waals surface area contributed by atoms with Crippen LogP contribution in [0.2, 0.25) is 0 Å². The average molecular weight is 517 g/mol. The fraction of sp³-hybridized carbons (Fsp3) is 1.00. The summed E-state index contributed by atoms with van der Waals surface area (Å²) < 4.78 is 73.8. The average Bonchev–Trinajstić information content (AvgIpc) is 3.24. The highest BCUT2D eigenvalue weighted by Gasteiger charge is 2.47. The van der Waals surface area contributed by atoms with E-state index in [4.69, 9.17) is 9.47 Å². The van der Waals surface area contributed by atoms with E-state index >= 15 is 0 Å². The first kappa shape index (κ1) is 31.6. The van der Waals surface area contributed by atoms with Crippen molar-refractivity contribution in [3.05, 3.63) is 0 Å². The zero-order chi connectivity index (χ0) is 25.1. The Labute approximate surface area is 205 Å². The van der Waals surface area contributed by atoms with Crippen LogP contribution in [0.1, 0.15) is 122 Å². The Morgan fingerprint density at radius 3 is 1.56 bits per heavy atom. The molecule has 1 saturated heterocycles. The van der Waals surface area contributed by atoms with Crippen LogP contribution in [0.15, 0.2) is 0 Å². The van der Waals surface area contributed by atoms with Gasteiger partial charge in [-0.2, -0.15) is 21.6 Å². The molecule has 204 valence electrons. The predicted molar refractivity (Wildman–Crippen MR) is 129 cm³/mol. The lowest BCUT2D eigenvalue weighted by molar-refractivity contribution is -0.0613. The first-order valence-electron chi connectivity index (χ1n) is 13.4. The van der Waals surface area contributed by atoms with Crippen molar-refractivity contribution < 1.29 is 35.2 Å². The monoisotopic (exact) mass is 516 g/mol. The highest BCUT2D eigenvalue weighted by molar-refractivity contribution is 7.87. The number of alkyl halides is 3. The minimum atomic E-state index is -5.56. The lowest BCUT2D eigenvalue weighted by Crippen LogP contribution is -2.29. The van der Waals surface area contributed by atoms with Gasteiger partial charge in [-0.25, -0.2) is 0 Å². The molecule has 0 saturated carbocycles. The van der Waals surface area contributed by atoms with Crippen LogP contribution in [-0.2, 0) is 23.8 Å². The van der Waals surface area contributed by atoms with Crippen molar-refractivity contribution in [3.63, 3.8) is 0 Å². The van der Waals surface area contributed by atoms with Crippen molar-refractivity contribution in [2.75, 3.05) is 19.8 Å². The van der Waals surface area contributed by atoms with Gasteiger partial charge in [0, 0.05) is 6.61 Å². The SMILES string of the molecule is CCCCCCCCCCCCCCCCCCOC[C@H]1CC[C@@H](COS(=O)(=O)C(F)(F)F)O1. The number of rotatable bonds is 22. The summed E-state index contributed by atoms with van der Waals surface area (Å²) in [6, 6.07) is 0. The molecule has 0 aromatic heterocycles. The smallest absolute Gasteiger partial charge is 0.379 e. The molecule has 5 nitrogen and oxygen atoms in total. The molecule has 2 atom stereocenters. The maximum absolute atomic E-state index is 12.3. The third-order valence-corrected chi connectivity index (χ3v) is 7.35. The molecule has 0 unspecified atom stereocenters. The summed E-state index contributed by atoms with van der Waals surface area (Å²) in [4.78, 5) is 0. The highest BCUT2D eigenvalue weighted by atomic mass is 32.2. The summed E-state index contributed by atoms with van der Waals surface area (Å²) in [5.74, 6) is 0. The second kappa shape index (κ2) is 18.8. The van der Waals surface area contributed by atoms with Gasteiger partial charge in [0.25, 0.3) is 0 Å². The Morgan fingerprint density at radius 1 is 0.706 bits per heavy atom. The van der Waals surface area contributed by atoms with Crippen molar-refractivity contribution in [2.24, 2.45) is 0 Å². The second-order valence-electron chi connectivity index (χ2n) is 9.52. The van der Waals surface area contributed by atoms with E-state index in [0.717, 1.165) is 12.8 Å². The fourth-order valence-corrected chi connectivity index (χ4v) is 4.69. The van der Waals surface area contributed by atoms with Crippen LogP contribution < -0.4 is 0 Å². The molecule has 34 heavy (non-hydrogen) atoms. The summed E-state index contributed by atoms with van der Waals surface area (Å²) in [6.07, 6.45) is 21.3. The van der Waals surface area contributed by atoms with Crippen LogP contribution in [0.4, 0.5) is 13.2 Å². The van der Waals surface area contributed by atoms with Gasteiger partial charge in [0.05, 0.1) is 25.4 Å². The zero-order valence-corrected chi connectivity index (χ0v) is 21.9. The summed E-state index contributed by atoms with van der Waals surface area (Å²) in [7, 11) is -5.56. The van der Waals surface area contributed by atoms with Crippen molar-refractivity contribution in [1.29, 1.82) is 0 Å². The summed E-state index contributed by atoms with van der Waals surface area (Å²) in [6.45, 7) is 2.66. The zero-order valence-electron chi connectivity index (χ0n) is 21.1. The third kappa shape index (κ3) is 15.6. The lowest BCUT2D eigenvalue weighted by atomic mass is 10.0. The second-order valence-corrected chi connectivity index (χ2v) is 11.1. The highest BCUT2D eigenvalue weighted by Crippen LogP contribution is 2.27. The quantitative estimate of drug-likeness (QED) is 0.0839. The first-order chi connectivity index (χ1) is 16.3. The number of unbranched alkanes of at least 4 members (excludes halogenated alkanes) is 15. The molecule has 1 aliphatic heterocycles. The van der Waals surface area contributed by atoms with E-state index in [9.17, 15) is 21.6 Å². The Hall–Kier alpha value is -0.380. The van der Waals surface area contributed by atoms with Gasteiger partial charge in [0.15, 0.2) is 0 Å². The first-order valence-corrected chi connectivity index (χ1v) is 14.9. The molecule has 0 aromatic carbocycles. The molecule has 1 aliphatic rings. The number of halogens is 3. The number of hydrogen-bond donors (Lipinski definition) is 0. The maximum Gasteiger partial charge on any atom is 0.523 e. The minimum Gasteiger partial charge on any atom is -0.379 e. The van der Waals surface area contributed by atoms with Crippen molar-refractivity contribution >= 4 is 10.1 Å². The molecule has 0 bridgehead atoms. The molecular formula is C25H47F3O5S. The van der Waals surface area contributed by atoms with Gasteiger partial charge in [-0.15, -0.1) is 0 Å². The van der Waals surface area contributed by atoms with E-state index in [1.54, 1.807) is 0 Å². The van der Waals surface area contributed by atoms with Crippen LogP contribution in [-0.4, -0.2) is 46.0 Å². The fourth-order valence-electron chi connectivity index (χ4n) is 4.22. The Kier molecular flexibility index (Phi) is 17.5. The molecule has 0 N–H and O–H groups in total. The molecule has 0 aromatic rings. The van der Waals surface area contributed by atoms with E-state index in [1.165, 1.54) is 89.9 Å². The predicted octanol–water partition coefficient (Wildman–Crippen LogP) is 7.68. The summed E-state index contributed by atoms with van der Waals surface area (Å²) in [5.41, 5.74) is -5.40. The minimum absolute atomic E-state index is 0.219. The van der Waals surface area contributed by atoms with E-state index in [-0.39, 0.29) is 6.10 Å². The Balaban J connectivity index is 1.83. The molecule has 0 radical (unpaired) electrons. The molecule has 0 spiro atoms. The van der Waals surface area contributed by atoms with Crippen molar-refractivity contribution in [2.45, 2.75) is 140 Å². The summed E-state index contributed by atoms with van der Waals surface area (Å²) in [5, 5.41) is 0. The van der Waals surface area contributed by atoms with Crippen LogP contribution in [0, 0.1) is 0 Å². The normalized spacial score (nSPS) is 19.2. The topological polar surface area (TPSA) is 61.8 Å². The van der Waals surface area contributed by atoms with E-state index in [1.807, 2.05) is 0 Å². The third-order valence-electron chi connectivity index (χ3n) is 6.33. The van der Waals surface area contributed by atoms with Gasteiger partial charge >= 0.3 is 15.6 Å². The van der Waals surface area contributed by atoms with Gasteiger partial charge in [0.2, 0.25) is 0 Å². The van der Waals surface area contributed by atoms with Gasteiger partial charge < -0.3 is 9.47 Å². The van der Waals surface area contributed by atoms with Gasteiger partial charge in [-0.05, 0) is 19.3 Å². The molecule has 0 aliphatic carbocycles.